The third-order valence-electron chi connectivity index (χ3n) is 4.18. The SMILES string of the molecule is CCN(c1ccc(CCN)c(C)c1)C1CCCC1. The Morgan fingerprint density at radius 1 is 1.28 bits per heavy atom. The van der Waals surface area contributed by atoms with Crippen molar-refractivity contribution in [2.24, 2.45) is 5.73 Å². The van der Waals surface area contributed by atoms with E-state index in [1.165, 1.54) is 42.5 Å². The summed E-state index contributed by atoms with van der Waals surface area (Å²) in [5, 5.41) is 0. The van der Waals surface area contributed by atoms with Crippen LogP contribution in [0.2, 0.25) is 0 Å². The molecule has 2 rings (SSSR count). The topological polar surface area (TPSA) is 29.3 Å². The summed E-state index contributed by atoms with van der Waals surface area (Å²) in [6, 6.07) is 7.64. The minimum Gasteiger partial charge on any atom is -0.369 e. The van der Waals surface area contributed by atoms with Gasteiger partial charge in [-0.15, -0.1) is 0 Å². The van der Waals surface area contributed by atoms with Gasteiger partial charge in [0.2, 0.25) is 0 Å². The molecule has 2 heteroatoms. The van der Waals surface area contributed by atoms with Gasteiger partial charge >= 0.3 is 0 Å². The van der Waals surface area contributed by atoms with Crippen molar-refractivity contribution < 1.29 is 0 Å². The molecule has 100 valence electrons. The van der Waals surface area contributed by atoms with Gasteiger partial charge in [-0.3, -0.25) is 0 Å². The average molecular weight is 246 g/mol. The second-order valence-electron chi connectivity index (χ2n) is 5.37. The molecule has 1 aliphatic rings. The van der Waals surface area contributed by atoms with Crippen molar-refractivity contribution in [1.29, 1.82) is 0 Å². The van der Waals surface area contributed by atoms with Gasteiger partial charge < -0.3 is 10.6 Å². The average Bonchev–Trinajstić information content (AvgIpc) is 2.87. The van der Waals surface area contributed by atoms with Gasteiger partial charge in [0.1, 0.15) is 0 Å². The highest BCUT2D eigenvalue weighted by Crippen LogP contribution is 2.29. The zero-order chi connectivity index (χ0) is 13.0. The van der Waals surface area contributed by atoms with Crippen molar-refractivity contribution in [2.75, 3.05) is 18.0 Å². The van der Waals surface area contributed by atoms with Crippen LogP contribution in [0.15, 0.2) is 18.2 Å². The largest absolute Gasteiger partial charge is 0.369 e. The van der Waals surface area contributed by atoms with E-state index in [2.05, 4.69) is 36.9 Å². The minimum atomic E-state index is 0.736. The summed E-state index contributed by atoms with van der Waals surface area (Å²) in [4.78, 5) is 2.58. The lowest BCUT2D eigenvalue weighted by molar-refractivity contribution is 0.619. The molecule has 1 aromatic carbocycles. The lowest BCUT2D eigenvalue weighted by Crippen LogP contribution is -2.33. The first-order valence-electron chi connectivity index (χ1n) is 7.32. The van der Waals surface area contributed by atoms with Crippen LogP contribution in [-0.4, -0.2) is 19.1 Å². The second-order valence-corrected chi connectivity index (χ2v) is 5.37. The van der Waals surface area contributed by atoms with Crippen LogP contribution in [0.5, 0.6) is 0 Å². The molecule has 0 radical (unpaired) electrons. The number of hydrogen-bond acceptors (Lipinski definition) is 2. The van der Waals surface area contributed by atoms with Crippen molar-refractivity contribution >= 4 is 5.69 Å². The minimum absolute atomic E-state index is 0.736. The first kappa shape index (κ1) is 13.4. The second kappa shape index (κ2) is 6.24. The molecule has 0 heterocycles. The van der Waals surface area contributed by atoms with Crippen molar-refractivity contribution in [1.82, 2.24) is 0 Å². The molecule has 18 heavy (non-hydrogen) atoms. The fourth-order valence-corrected chi connectivity index (χ4v) is 3.16. The van der Waals surface area contributed by atoms with Crippen LogP contribution in [0.4, 0.5) is 5.69 Å². The maximum Gasteiger partial charge on any atom is 0.0371 e. The highest BCUT2D eigenvalue weighted by atomic mass is 15.2. The van der Waals surface area contributed by atoms with Gasteiger partial charge in [0.25, 0.3) is 0 Å². The Balaban J connectivity index is 2.17. The summed E-state index contributed by atoms with van der Waals surface area (Å²) in [6.07, 6.45) is 6.49. The molecule has 1 fully saturated rings. The number of nitrogens with two attached hydrogens (primary N) is 1. The molecule has 1 saturated carbocycles. The molecule has 0 saturated heterocycles. The molecule has 1 aliphatic carbocycles. The van der Waals surface area contributed by atoms with E-state index in [4.69, 9.17) is 5.73 Å². The zero-order valence-corrected chi connectivity index (χ0v) is 11.8. The molecular weight excluding hydrogens is 220 g/mol. The Morgan fingerprint density at radius 2 is 2.00 bits per heavy atom. The first-order chi connectivity index (χ1) is 8.76. The molecule has 1 aromatic rings. The quantitative estimate of drug-likeness (QED) is 0.864. The summed E-state index contributed by atoms with van der Waals surface area (Å²) in [5.74, 6) is 0. The van der Waals surface area contributed by atoms with Crippen molar-refractivity contribution in [3.8, 4) is 0 Å². The van der Waals surface area contributed by atoms with Gasteiger partial charge in [0.15, 0.2) is 0 Å². The van der Waals surface area contributed by atoms with E-state index in [9.17, 15) is 0 Å². The van der Waals surface area contributed by atoms with Gasteiger partial charge in [0.05, 0.1) is 0 Å². The van der Waals surface area contributed by atoms with Crippen LogP contribution in [0.25, 0.3) is 0 Å². The number of anilines is 1. The summed E-state index contributed by atoms with van der Waals surface area (Å²) in [6.45, 7) is 6.32. The number of aryl methyl sites for hydroxylation is 1. The standard InChI is InChI=1S/C16H26N2/c1-3-18(15-6-4-5-7-15)16-9-8-14(10-11-17)13(2)12-16/h8-9,12,15H,3-7,10-11,17H2,1-2H3. The van der Waals surface area contributed by atoms with Crippen molar-refractivity contribution in [2.45, 2.75) is 52.0 Å². The van der Waals surface area contributed by atoms with Gasteiger partial charge in [-0.25, -0.2) is 0 Å². The molecule has 0 aliphatic heterocycles. The molecule has 0 amide bonds. The fourth-order valence-electron chi connectivity index (χ4n) is 3.16. The van der Waals surface area contributed by atoms with Crippen molar-refractivity contribution in [3.05, 3.63) is 29.3 Å². The number of benzene rings is 1. The molecule has 2 nitrogen and oxygen atoms in total. The molecular formula is C16H26N2. The third-order valence-corrected chi connectivity index (χ3v) is 4.18. The highest BCUT2D eigenvalue weighted by molar-refractivity contribution is 5.51. The predicted molar refractivity (Wildman–Crippen MR) is 79.2 cm³/mol. The first-order valence-corrected chi connectivity index (χ1v) is 7.32. The summed E-state index contributed by atoms with van der Waals surface area (Å²) in [7, 11) is 0. The lowest BCUT2D eigenvalue weighted by Gasteiger charge is -2.30. The predicted octanol–water partition coefficient (Wildman–Crippen LogP) is 3.27. The highest BCUT2D eigenvalue weighted by Gasteiger charge is 2.21. The molecule has 0 spiro atoms. The zero-order valence-electron chi connectivity index (χ0n) is 11.8. The lowest BCUT2D eigenvalue weighted by atomic mass is 10.0. The Labute approximate surface area is 111 Å². The van der Waals surface area contributed by atoms with E-state index in [0.29, 0.717) is 0 Å². The third kappa shape index (κ3) is 2.86. The molecule has 0 bridgehead atoms. The molecule has 0 unspecified atom stereocenters. The van der Waals surface area contributed by atoms with Gasteiger partial charge in [-0.2, -0.15) is 0 Å². The number of hydrogen-bond donors (Lipinski definition) is 1. The normalized spacial score (nSPS) is 16.2. The Morgan fingerprint density at radius 3 is 2.56 bits per heavy atom. The van der Waals surface area contributed by atoms with Crippen molar-refractivity contribution in [3.63, 3.8) is 0 Å². The Bertz CT molecular complexity index is 381. The molecule has 0 atom stereocenters. The van der Waals surface area contributed by atoms with E-state index in [1.54, 1.807) is 0 Å². The van der Waals surface area contributed by atoms with Crippen LogP contribution in [0, 0.1) is 6.92 Å². The Kier molecular flexibility index (Phi) is 4.65. The van der Waals surface area contributed by atoms with Crippen LogP contribution in [0.3, 0.4) is 0 Å². The van der Waals surface area contributed by atoms with E-state index in [-0.39, 0.29) is 0 Å². The van der Waals surface area contributed by atoms with Gasteiger partial charge in [0, 0.05) is 18.3 Å². The fraction of sp³-hybridized carbons (Fsp3) is 0.625. The smallest absolute Gasteiger partial charge is 0.0371 e. The Hall–Kier alpha value is -1.02. The summed E-state index contributed by atoms with van der Waals surface area (Å²) in [5.41, 5.74) is 9.81. The van der Waals surface area contributed by atoms with Gasteiger partial charge in [-0.1, -0.05) is 18.9 Å². The monoisotopic (exact) mass is 246 g/mol. The van der Waals surface area contributed by atoms with Crippen LogP contribution < -0.4 is 10.6 Å². The van der Waals surface area contributed by atoms with Gasteiger partial charge in [-0.05, 0) is 62.9 Å². The van der Waals surface area contributed by atoms with E-state index in [0.717, 1.165) is 25.6 Å². The maximum absolute atomic E-state index is 5.64. The number of rotatable bonds is 5. The maximum atomic E-state index is 5.64. The van der Waals surface area contributed by atoms with E-state index < -0.39 is 0 Å². The van der Waals surface area contributed by atoms with E-state index >= 15 is 0 Å². The summed E-state index contributed by atoms with van der Waals surface area (Å²) < 4.78 is 0. The van der Waals surface area contributed by atoms with Crippen LogP contribution in [0.1, 0.15) is 43.7 Å². The molecule has 2 N–H and O–H groups in total. The van der Waals surface area contributed by atoms with Crippen LogP contribution in [-0.2, 0) is 6.42 Å². The summed E-state index contributed by atoms with van der Waals surface area (Å²) >= 11 is 0. The van der Waals surface area contributed by atoms with E-state index in [1.807, 2.05) is 0 Å². The molecule has 0 aromatic heterocycles. The van der Waals surface area contributed by atoms with Crippen LogP contribution >= 0.6 is 0 Å². The number of nitrogens with zero attached hydrogens (tertiary/aromatic N) is 1.